The summed E-state index contributed by atoms with van der Waals surface area (Å²) >= 11 is 0. The van der Waals surface area contributed by atoms with E-state index in [1.165, 1.54) is 12.8 Å². The summed E-state index contributed by atoms with van der Waals surface area (Å²) in [4.78, 5) is 24.8. The third-order valence-corrected chi connectivity index (χ3v) is 5.63. The summed E-state index contributed by atoms with van der Waals surface area (Å²) in [6.45, 7) is 3.58. The number of benzene rings is 1. The summed E-state index contributed by atoms with van der Waals surface area (Å²) in [5, 5.41) is 2.83. The molecule has 0 bridgehead atoms. The van der Waals surface area contributed by atoms with Gasteiger partial charge in [0.05, 0.1) is 24.5 Å². The van der Waals surface area contributed by atoms with Gasteiger partial charge in [0.2, 0.25) is 5.91 Å². The first kappa shape index (κ1) is 17.9. The van der Waals surface area contributed by atoms with Crippen molar-refractivity contribution in [3.8, 4) is 11.5 Å². The molecule has 1 fully saturated rings. The number of ether oxygens (including phenoxy) is 3. The summed E-state index contributed by atoms with van der Waals surface area (Å²) in [5.74, 6) is 0.503. The number of rotatable bonds is 4. The molecule has 0 aromatic heterocycles. The smallest absolute Gasteiger partial charge is 0.337 e. The van der Waals surface area contributed by atoms with Crippen LogP contribution in [0.5, 0.6) is 11.5 Å². The van der Waals surface area contributed by atoms with Crippen molar-refractivity contribution >= 4 is 11.9 Å². The van der Waals surface area contributed by atoms with Crippen LogP contribution >= 0.6 is 0 Å². The molecule has 2 aliphatic heterocycles. The van der Waals surface area contributed by atoms with Crippen LogP contribution in [-0.4, -0.2) is 30.7 Å². The lowest BCUT2D eigenvalue weighted by Crippen LogP contribution is -2.38. The highest BCUT2D eigenvalue weighted by Gasteiger charge is 2.47. The number of hydrogen-bond donors (Lipinski definition) is 1. The zero-order valence-electron chi connectivity index (χ0n) is 16.0. The van der Waals surface area contributed by atoms with Crippen LogP contribution in [0.25, 0.3) is 0 Å². The van der Waals surface area contributed by atoms with Crippen LogP contribution in [0.4, 0.5) is 0 Å². The molecule has 1 amide bonds. The molecule has 144 valence electrons. The summed E-state index contributed by atoms with van der Waals surface area (Å²) < 4.78 is 17.1. The van der Waals surface area contributed by atoms with Crippen molar-refractivity contribution in [2.75, 3.05) is 7.11 Å². The van der Waals surface area contributed by atoms with Crippen molar-refractivity contribution in [1.82, 2.24) is 5.32 Å². The number of carbonyl (C=O) groups is 2. The minimum Gasteiger partial charge on any atom is -0.493 e. The maximum atomic E-state index is 12.5. The zero-order valence-corrected chi connectivity index (χ0v) is 16.0. The molecule has 1 N–H and O–H groups in total. The standard InChI is InChI=1S/C21H25NO5/c1-21(2)19-18(20(24)27-21)14(11-17(23)22-19)12-8-9-15(25-3)16(10-12)26-13-6-4-5-7-13/h8-10,13-14H,4-7,11H2,1-3H3,(H,22,23)/t14-/m1/s1. The maximum Gasteiger partial charge on any atom is 0.337 e. The summed E-state index contributed by atoms with van der Waals surface area (Å²) in [5.41, 5.74) is 1.15. The van der Waals surface area contributed by atoms with Gasteiger partial charge in [0.15, 0.2) is 11.5 Å². The Labute approximate surface area is 158 Å². The Balaban J connectivity index is 1.72. The van der Waals surface area contributed by atoms with Crippen molar-refractivity contribution in [1.29, 1.82) is 0 Å². The molecule has 1 aliphatic carbocycles. The Kier molecular flexibility index (Phi) is 4.36. The van der Waals surface area contributed by atoms with Gasteiger partial charge in [-0.3, -0.25) is 4.79 Å². The van der Waals surface area contributed by atoms with Crippen LogP contribution in [0.1, 0.15) is 57.4 Å². The lowest BCUT2D eigenvalue weighted by Gasteiger charge is -2.27. The van der Waals surface area contributed by atoms with Crippen LogP contribution < -0.4 is 14.8 Å². The Morgan fingerprint density at radius 3 is 2.59 bits per heavy atom. The van der Waals surface area contributed by atoms with E-state index in [2.05, 4.69) is 5.32 Å². The predicted octanol–water partition coefficient (Wildman–Crippen LogP) is 3.21. The van der Waals surface area contributed by atoms with Gasteiger partial charge >= 0.3 is 5.97 Å². The largest absolute Gasteiger partial charge is 0.493 e. The third kappa shape index (κ3) is 3.17. The molecule has 27 heavy (non-hydrogen) atoms. The minimum atomic E-state index is -0.823. The molecular formula is C21H25NO5. The van der Waals surface area contributed by atoms with Crippen molar-refractivity contribution in [3.63, 3.8) is 0 Å². The normalized spacial score (nSPS) is 24.5. The van der Waals surface area contributed by atoms with Gasteiger partial charge in [-0.1, -0.05) is 6.07 Å². The SMILES string of the molecule is COc1ccc([C@H]2CC(=O)NC3=C2C(=O)OC3(C)C)cc1OC1CCCC1. The number of cyclic esters (lactones) is 1. The number of nitrogens with one attached hydrogen (secondary N) is 1. The van der Waals surface area contributed by atoms with Gasteiger partial charge in [0.25, 0.3) is 0 Å². The number of carbonyl (C=O) groups excluding carboxylic acids is 2. The number of hydrogen-bond acceptors (Lipinski definition) is 5. The molecular weight excluding hydrogens is 346 g/mol. The Morgan fingerprint density at radius 1 is 1.15 bits per heavy atom. The van der Waals surface area contributed by atoms with E-state index in [4.69, 9.17) is 14.2 Å². The van der Waals surface area contributed by atoms with Crippen LogP contribution in [0.2, 0.25) is 0 Å². The molecule has 0 unspecified atom stereocenters. The highest BCUT2D eigenvalue weighted by molar-refractivity contribution is 5.99. The van der Waals surface area contributed by atoms with Gasteiger partial charge in [-0.25, -0.2) is 4.79 Å². The molecule has 1 saturated carbocycles. The first-order valence-electron chi connectivity index (χ1n) is 9.51. The monoisotopic (exact) mass is 371 g/mol. The molecule has 0 saturated heterocycles. The minimum absolute atomic E-state index is 0.112. The molecule has 2 heterocycles. The van der Waals surface area contributed by atoms with E-state index in [0.29, 0.717) is 22.8 Å². The molecule has 1 aromatic rings. The van der Waals surface area contributed by atoms with Crippen LogP contribution in [0.3, 0.4) is 0 Å². The highest BCUT2D eigenvalue weighted by Crippen LogP contribution is 2.44. The first-order chi connectivity index (χ1) is 12.9. The van der Waals surface area contributed by atoms with Crippen molar-refractivity contribution in [2.45, 2.75) is 63.6 Å². The molecule has 6 nitrogen and oxygen atoms in total. The quantitative estimate of drug-likeness (QED) is 0.823. The molecule has 0 spiro atoms. The molecule has 0 radical (unpaired) electrons. The van der Waals surface area contributed by atoms with E-state index in [1.54, 1.807) is 21.0 Å². The van der Waals surface area contributed by atoms with Crippen molar-refractivity contribution in [3.05, 3.63) is 35.0 Å². The average molecular weight is 371 g/mol. The zero-order chi connectivity index (χ0) is 19.2. The first-order valence-corrected chi connectivity index (χ1v) is 9.51. The van der Waals surface area contributed by atoms with E-state index < -0.39 is 5.60 Å². The van der Waals surface area contributed by atoms with Crippen LogP contribution in [-0.2, 0) is 14.3 Å². The second-order valence-corrected chi connectivity index (χ2v) is 7.93. The van der Waals surface area contributed by atoms with Gasteiger partial charge in [-0.05, 0) is 57.2 Å². The molecule has 1 aromatic carbocycles. The summed E-state index contributed by atoms with van der Waals surface area (Å²) in [6.07, 6.45) is 4.82. The van der Waals surface area contributed by atoms with Crippen molar-refractivity contribution < 1.29 is 23.8 Å². The third-order valence-electron chi connectivity index (χ3n) is 5.63. The van der Waals surface area contributed by atoms with Gasteiger partial charge in [0.1, 0.15) is 5.60 Å². The molecule has 1 atom stereocenters. The van der Waals surface area contributed by atoms with Gasteiger partial charge in [-0.15, -0.1) is 0 Å². The summed E-state index contributed by atoms with van der Waals surface area (Å²) in [7, 11) is 1.61. The average Bonchev–Trinajstić information content (AvgIpc) is 3.20. The van der Waals surface area contributed by atoms with Gasteiger partial charge < -0.3 is 19.5 Å². The van der Waals surface area contributed by atoms with Gasteiger partial charge in [0, 0.05) is 12.3 Å². The van der Waals surface area contributed by atoms with Gasteiger partial charge in [-0.2, -0.15) is 0 Å². The Hall–Kier alpha value is -2.50. The molecule has 3 aliphatic rings. The fraction of sp³-hybridized carbons (Fsp3) is 0.524. The lowest BCUT2D eigenvalue weighted by molar-refractivity contribution is -0.144. The number of amides is 1. The summed E-state index contributed by atoms with van der Waals surface area (Å²) in [6, 6.07) is 5.65. The maximum absolute atomic E-state index is 12.5. The molecule has 6 heteroatoms. The van der Waals surface area contributed by atoms with Crippen molar-refractivity contribution in [2.24, 2.45) is 0 Å². The van der Waals surface area contributed by atoms with E-state index in [1.807, 2.05) is 18.2 Å². The number of esters is 1. The Bertz CT molecular complexity index is 820. The Morgan fingerprint density at radius 2 is 1.89 bits per heavy atom. The predicted molar refractivity (Wildman–Crippen MR) is 98.6 cm³/mol. The highest BCUT2D eigenvalue weighted by atomic mass is 16.6. The van der Waals surface area contributed by atoms with E-state index in [0.717, 1.165) is 18.4 Å². The second kappa shape index (κ2) is 6.59. The molecule has 4 rings (SSSR count). The van der Waals surface area contributed by atoms with E-state index in [-0.39, 0.29) is 30.3 Å². The van der Waals surface area contributed by atoms with E-state index >= 15 is 0 Å². The lowest BCUT2D eigenvalue weighted by atomic mass is 9.82. The fourth-order valence-corrected chi connectivity index (χ4v) is 4.25. The topological polar surface area (TPSA) is 73.9 Å². The van der Waals surface area contributed by atoms with Crippen LogP contribution in [0.15, 0.2) is 29.5 Å². The van der Waals surface area contributed by atoms with E-state index in [9.17, 15) is 9.59 Å². The second-order valence-electron chi connectivity index (χ2n) is 7.93. The number of methoxy groups -OCH3 is 1. The fourth-order valence-electron chi connectivity index (χ4n) is 4.25. The van der Waals surface area contributed by atoms with Crippen LogP contribution in [0, 0.1) is 0 Å².